The first kappa shape index (κ1) is 22.4. The number of para-hydroxylation sites is 1. The minimum Gasteiger partial charge on any atom is -0.322 e. The SMILES string of the molecule is O=C(/C=C/c1cncc(F)c1)c1cc(-c2cc(=O)[nH]c3ccccc23)c(Cl)cc1C(F)(F)F. The summed E-state index contributed by atoms with van der Waals surface area (Å²) in [5, 5.41) is 0.270. The van der Waals surface area contributed by atoms with Crippen molar-refractivity contribution in [2.75, 3.05) is 0 Å². The van der Waals surface area contributed by atoms with Crippen molar-refractivity contribution in [2.24, 2.45) is 0 Å². The van der Waals surface area contributed by atoms with Crippen LogP contribution in [-0.2, 0) is 6.18 Å². The van der Waals surface area contributed by atoms with Crippen LogP contribution in [0.1, 0.15) is 21.5 Å². The maximum atomic E-state index is 13.7. The Labute approximate surface area is 189 Å². The van der Waals surface area contributed by atoms with Crippen LogP contribution in [0.4, 0.5) is 17.6 Å². The number of alkyl halides is 3. The Bertz CT molecular complexity index is 1480. The van der Waals surface area contributed by atoms with E-state index in [0.29, 0.717) is 17.0 Å². The Morgan fingerprint density at radius 2 is 1.79 bits per heavy atom. The van der Waals surface area contributed by atoms with Gasteiger partial charge in [-0.05, 0) is 47.5 Å². The second-order valence-electron chi connectivity index (χ2n) is 7.10. The number of aromatic nitrogens is 2. The predicted octanol–water partition coefficient (Wildman–Crippen LogP) is 6.30. The van der Waals surface area contributed by atoms with Gasteiger partial charge in [0.05, 0.1) is 11.8 Å². The summed E-state index contributed by atoms with van der Waals surface area (Å²) in [5.74, 6) is -1.63. The number of pyridine rings is 2. The lowest BCUT2D eigenvalue weighted by atomic mass is 9.94. The van der Waals surface area contributed by atoms with Gasteiger partial charge in [0.1, 0.15) is 5.82 Å². The van der Waals surface area contributed by atoms with Crippen molar-refractivity contribution in [1.82, 2.24) is 9.97 Å². The first-order valence-corrected chi connectivity index (χ1v) is 9.87. The molecule has 0 aliphatic rings. The number of rotatable bonds is 4. The van der Waals surface area contributed by atoms with Crippen molar-refractivity contribution in [1.29, 1.82) is 0 Å². The van der Waals surface area contributed by atoms with Gasteiger partial charge in [-0.15, -0.1) is 0 Å². The molecule has 2 aromatic heterocycles. The third kappa shape index (κ3) is 4.70. The highest BCUT2D eigenvalue weighted by Crippen LogP contribution is 2.40. The van der Waals surface area contributed by atoms with Crippen LogP contribution in [0.25, 0.3) is 28.1 Å². The van der Waals surface area contributed by atoms with Crippen molar-refractivity contribution >= 4 is 34.4 Å². The second kappa shape index (κ2) is 8.63. The van der Waals surface area contributed by atoms with E-state index in [1.54, 1.807) is 24.3 Å². The predicted molar refractivity (Wildman–Crippen MR) is 118 cm³/mol. The molecule has 2 aromatic carbocycles. The molecular formula is C24H13ClF4N2O2. The van der Waals surface area contributed by atoms with E-state index < -0.39 is 34.5 Å². The van der Waals surface area contributed by atoms with E-state index >= 15 is 0 Å². The monoisotopic (exact) mass is 472 g/mol. The Balaban J connectivity index is 1.90. The maximum absolute atomic E-state index is 13.7. The largest absolute Gasteiger partial charge is 0.417 e. The van der Waals surface area contributed by atoms with Crippen LogP contribution in [0, 0.1) is 5.82 Å². The van der Waals surface area contributed by atoms with Crippen LogP contribution in [0.15, 0.2) is 71.8 Å². The molecule has 0 radical (unpaired) electrons. The van der Waals surface area contributed by atoms with Crippen molar-refractivity contribution in [3.05, 3.63) is 105 Å². The number of carbonyl (C=O) groups excluding carboxylic acids is 1. The number of allylic oxidation sites excluding steroid dienone is 1. The van der Waals surface area contributed by atoms with Gasteiger partial charge in [0, 0.05) is 39.3 Å². The Morgan fingerprint density at radius 1 is 1.03 bits per heavy atom. The summed E-state index contributed by atoms with van der Waals surface area (Å²) in [6, 6.07) is 10.7. The van der Waals surface area contributed by atoms with E-state index in [1.165, 1.54) is 12.3 Å². The number of aromatic amines is 1. The number of fused-ring (bicyclic) bond motifs is 1. The number of benzene rings is 2. The molecule has 0 aliphatic heterocycles. The lowest BCUT2D eigenvalue weighted by molar-refractivity contribution is -0.137. The summed E-state index contributed by atoms with van der Waals surface area (Å²) in [6.45, 7) is 0. The summed E-state index contributed by atoms with van der Waals surface area (Å²) in [7, 11) is 0. The fourth-order valence-corrected chi connectivity index (χ4v) is 3.69. The summed E-state index contributed by atoms with van der Waals surface area (Å²) in [5.41, 5.74) is -1.33. The average molecular weight is 473 g/mol. The van der Waals surface area contributed by atoms with E-state index in [-0.39, 0.29) is 21.7 Å². The quantitative estimate of drug-likeness (QED) is 0.215. The first-order chi connectivity index (χ1) is 15.6. The van der Waals surface area contributed by atoms with Gasteiger partial charge >= 0.3 is 6.18 Å². The fraction of sp³-hybridized carbons (Fsp3) is 0.0417. The zero-order chi connectivity index (χ0) is 23.8. The van der Waals surface area contributed by atoms with E-state index in [1.807, 2.05) is 0 Å². The highest BCUT2D eigenvalue weighted by Gasteiger charge is 2.36. The molecule has 33 heavy (non-hydrogen) atoms. The topological polar surface area (TPSA) is 62.8 Å². The van der Waals surface area contributed by atoms with Gasteiger partial charge < -0.3 is 4.98 Å². The van der Waals surface area contributed by atoms with Gasteiger partial charge in [-0.2, -0.15) is 13.2 Å². The molecule has 0 bridgehead atoms. The molecule has 4 rings (SSSR count). The van der Waals surface area contributed by atoms with Crippen LogP contribution in [0.3, 0.4) is 0 Å². The third-order valence-corrected chi connectivity index (χ3v) is 5.18. The van der Waals surface area contributed by atoms with E-state index in [0.717, 1.165) is 30.5 Å². The first-order valence-electron chi connectivity index (χ1n) is 9.49. The Kier molecular flexibility index (Phi) is 5.86. The van der Waals surface area contributed by atoms with Crippen LogP contribution >= 0.6 is 11.6 Å². The second-order valence-corrected chi connectivity index (χ2v) is 7.51. The normalized spacial score (nSPS) is 11.9. The summed E-state index contributed by atoms with van der Waals surface area (Å²) >= 11 is 6.20. The smallest absolute Gasteiger partial charge is 0.322 e. The fourth-order valence-electron chi connectivity index (χ4n) is 3.43. The zero-order valence-corrected chi connectivity index (χ0v) is 17.3. The summed E-state index contributed by atoms with van der Waals surface area (Å²) < 4.78 is 54.4. The van der Waals surface area contributed by atoms with E-state index in [4.69, 9.17) is 11.6 Å². The zero-order valence-electron chi connectivity index (χ0n) is 16.6. The minimum atomic E-state index is -4.86. The van der Waals surface area contributed by atoms with E-state index in [9.17, 15) is 27.2 Å². The van der Waals surface area contributed by atoms with Crippen LogP contribution < -0.4 is 5.56 Å². The van der Waals surface area contributed by atoms with Crippen molar-refractivity contribution in [3.63, 3.8) is 0 Å². The Hall–Kier alpha value is -3.78. The average Bonchev–Trinajstić information content (AvgIpc) is 2.76. The number of halogens is 5. The number of nitrogens with one attached hydrogen (secondary N) is 1. The molecule has 0 fully saturated rings. The molecule has 1 N–H and O–H groups in total. The van der Waals surface area contributed by atoms with Gasteiger partial charge in [-0.25, -0.2) is 4.39 Å². The number of H-pyrrole nitrogens is 1. The number of hydrogen-bond acceptors (Lipinski definition) is 3. The van der Waals surface area contributed by atoms with Crippen molar-refractivity contribution in [2.45, 2.75) is 6.18 Å². The molecule has 9 heteroatoms. The standard InChI is InChI=1S/C24H13ClF4N2O2/c25-20-10-19(24(27,28)29)18(22(32)6-5-13-7-14(26)12-30-11-13)8-17(20)16-9-23(33)31-21-4-2-1-3-15(16)21/h1-12H,(H,31,33)/b6-5+. The molecule has 4 aromatic rings. The molecule has 0 atom stereocenters. The molecule has 0 spiro atoms. The van der Waals surface area contributed by atoms with Gasteiger partial charge in [-0.1, -0.05) is 29.8 Å². The number of hydrogen-bond donors (Lipinski definition) is 1. The molecular weight excluding hydrogens is 460 g/mol. The number of carbonyl (C=O) groups is 1. The third-order valence-electron chi connectivity index (χ3n) is 4.87. The van der Waals surface area contributed by atoms with Crippen LogP contribution in [-0.4, -0.2) is 15.8 Å². The minimum absolute atomic E-state index is 0.0936. The van der Waals surface area contributed by atoms with Crippen LogP contribution in [0.2, 0.25) is 5.02 Å². The van der Waals surface area contributed by atoms with Gasteiger partial charge in [0.2, 0.25) is 5.56 Å². The molecule has 4 nitrogen and oxygen atoms in total. The summed E-state index contributed by atoms with van der Waals surface area (Å²) in [4.78, 5) is 31.2. The van der Waals surface area contributed by atoms with Gasteiger partial charge in [0.25, 0.3) is 0 Å². The van der Waals surface area contributed by atoms with Crippen molar-refractivity contribution in [3.8, 4) is 11.1 Å². The van der Waals surface area contributed by atoms with Crippen LogP contribution in [0.5, 0.6) is 0 Å². The summed E-state index contributed by atoms with van der Waals surface area (Å²) in [6.07, 6.45) is -0.590. The molecule has 0 unspecified atom stereocenters. The molecule has 0 saturated heterocycles. The molecule has 166 valence electrons. The van der Waals surface area contributed by atoms with Gasteiger partial charge in [0.15, 0.2) is 5.78 Å². The van der Waals surface area contributed by atoms with E-state index in [2.05, 4.69) is 9.97 Å². The highest BCUT2D eigenvalue weighted by atomic mass is 35.5. The molecule has 0 amide bonds. The van der Waals surface area contributed by atoms with Gasteiger partial charge in [-0.3, -0.25) is 14.6 Å². The number of nitrogens with zero attached hydrogens (tertiary/aromatic N) is 1. The number of ketones is 1. The molecule has 2 heterocycles. The lowest BCUT2D eigenvalue weighted by Gasteiger charge is -2.15. The van der Waals surface area contributed by atoms with Crippen molar-refractivity contribution < 1.29 is 22.4 Å². The Morgan fingerprint density at radius 3 is 2.52 bits per heavy atom. The maximum Gasteiger partial charge on any atom is 0.417 e. The highest BCUT2D eigenvalue weighted by molar-refractivity contribution is 6.34. The molecule has 0 aliphatic carbocycles. The lowest BCUT2D eigenvalue weighted by Crippen LogP contribution is -2.13. The molecule has 0 saturated carbocycles.